The second kappa shape index (κ2) is 11.7. The van der Waals surface area contributed by atoms with Crippen LogP contribution in [0.25, 0.3) is 11.1 Å². The molecule has 0 saturated carbocycles. The average molecular weight is 532 g/mol. The van der Waals surface area contributed by atoms with Crippen LogP contribution in [0, 0.1) is 4.78 Å². The molecular formula is C27H29N7O3S. The van der Waals surface area contributed by atoms with Crippen LogP contribution in [0.3, 0.4) is 0 Å². The van der Waals surface area contributed by atoms with Gasteiger partial charge in [-0.3, -0.25) is 0 Å². The number of anilines is 5. The fraction of sp³-hybridized carbons (Fsp3) is 0.148. The molecule has 1 heterocycles. The third-order valence-electron chi connectivity index (χ3n) is 5.49. The summed E-state index contributed by atoms with van der Waals surface area (Å²) < 4.78 is 19.6. The SMILES string of the molecule is C[C@H](CO)Nc1nc(Nc2ccc(S(C)(=N)=O)cc2)ncc1-c1ccc(NC(=O)Nc2ccccc2)cc1. The van der Waals surface area contributed by atoms with E-state index in [1.54, 1.807) is 54.7 Å². The Balaban J connectivity index is 1.52. The summed E-state index contributed by atoms with van der Waals surface area (Å²) in [4.78, 5) is 21.8. The summed E-state index contributed by atoms with van der Waals surface area (Å²) in [6.07, 6.45) is 3.04. The van der Waals surface area contributed by atoms with Crippen LogP contribution in [0.5, 0.6) is 0 Å². The van der Waals surface area contributed by atoms with E-state index in [9.17, 15) is 14.1 Å². The fourth-order valence-corrected chi connectivity index (χ4v) is 4.17. The molecule has 0 aliphatic heterocycles. The third-order valence-corrected chi connectivity index (χ3v) is 6.66. The summed E-state index contributed by atoms with van der Waals surface area (Å²) in [5, 5.41) is 21.5. The Morgan fingerprint density at radius 2 is 1.55 bits per heavy atom. The van der Waals surface area contributed by atoms with Crippen LogP contribution in [0.4, 0.5) is 33.6 Å². The lowest BCUT2D eigenvalue weighted by Crippen LogP contribution is -2.21. The van der Waals surface area contributed by atoms with Crippen LogP contribution < -0.4 is 21.3 Å². The van der Waals surface area contributed by atoms with E-state index in [-0.39, 0.29) is 18.7 Å². The molecule has 2 amide bonds. The van der Waals surface area contributed by atoms with Gasteiger partial charge in [-0.15, -0.1) is 0 Å². The number of nitrogens with one attached hydrogen (secondary N) is 5. The minimum Gasteiger partial charge on any atom is -0.394 e. The van der Waals surface area contributed by atoms with Crippen molar-refractivity contribution < 1.29 is 14.1 Å². The van der Waals surface area contributed by atoms with Crippen LogP contribution in [0.2, 0.25) is 0 Å². The first-order valence-corrected chi connectivity index (χ1v) is 13.8. The minimum absolute atomic E-state index is 0.0868. The van der Waals surface area contributed by atoms with E-state index in [2.05, 4.69) is 31.2 Å². The molecule has 11 heteroatoms. The Morgan fingerprint density at radius 3 is 2.16 bits per heavy atom. The molecular weight excluding hydrogens is 502 g/mol. The number of hydrogen-bond acceptors (Lipinski definition) is 8. The molecule has 0 spiro atoms. The van der Waals surface area contributed by atoms with Crippen LogP contribution in [0.15, 0.2) is 90.0 Å². The highest BCUT2D eigenvalue weighted by Gasteiger charge is 2.13. The lowest BCUT2D eigenvalue weighted by Gasteiger charge is -2.17. The van der Waals surface area contributed by atoms with Crippen LogP contribution >= 0.6 is 0 Å². The van der Waals surface area contributed by atoms with E-state index >= 15 is 0 Å². The zero-order chi connectivity index (χ0) is 27.1. The van der Waals surface area contributed by atoms with E-state index in [0.717, 1.165) is 5.56 Å². The first kappa shape index (κ1) is 26.6. The molecule has 3 aromatic carbocycles. The maximum atomic E-state index is 12.3. The number of aliphatic hydroxyl groups is 1. The Bertz CT molecular complexity index is 1490. The Hall–Kier alpha value is -4.48. The van der Waals surface area contributed by atoms with Crippen molar-refractivity contribution in [2.75, 3.05) is 34.1 Å². The minimum atomic E-state index is -2.80. The van der Waals surface area contributed by atoms with Gasteiger partial charge in [0, 0.05) is 46.0 Å². The Morgan fingerprint density at radius 1 is 0.947 bits per heavy atom. The number of carbonyl (C=O) groups is 1. The molecule has 0 fully saturated rings. The summed E-state index contributed by atoms with van der Waals surface area (Å²) >= 11 is 0. The number of benzene rings is 3. The van der Waals surface area contributed by atoms with Gasteiger partial charge in [0.05, 0.1) is 16.3 Å². The maximum Gasteiger partial charge on any atom is 0.323 e. The van der Waals surface area contributed by atoms with Gasteiger partial charge in [0.25, 0.3) is 0 Å². The van der Waals surface area contributed by atoms with Crippen molar-refractivity contribution in [3.8, 4) is 11.1 Å². The number of hydrogen-bond donors (Lipinski definition) is 6. The van der Waals surface area contributed by atoms with Gasteiger partial charge in [-0.25, -0.2) is 18.8 Å². The summed E-state index contributed by atoms with van der Waals surface area (Å²) in [7, 11) is -2.80. The molecule has 2 atom stereocenters. The van der Waals surface area contributed by atoms with E-state index in [4.69, 9.17) is 4.78 Å². The average Bonchev–Trinajstić information content (AvgIpc) is 2.90. The predicted octanol–water partition coefficient (Wildman–Crippen LogP) is 5.36. The quantitative estimate of drug-likeness (QED) is 0.170. The van der Waals surface area contributed by atoms with E-state index in [1.165, 1.54) is 6.26 Å². The molecule has 4 aromatic rings. The van der Waals surface area contributed by atoms with Crippen molar-refractivity contribution in [3.63, 3.8) is 0 Å². The van der Waals surface area contributed by atoms with Crippen molar-refractivity contribution in [2.45, 2.75) is 17.9 Å². The van der Waals surface area contributed by atoms with E-state index < -0.39 is 9.73 Å². The number of nitrogens with zero attached hydrogens (tertiary/aromatic N) is 2. The topological polar surface area (TPSA) is 152 Å². The number of amides is 2. The second-order valence-electron chi connectivity index (χ2n) is 8.70. The first-order chi connectivity index (χ1) is 18.2. The lowest BCUT2D eigenvalue weighted by atomic mass is 10.1. The smallest absolute Gasteiger partial charge is 0.323 e. The van der Waals surface area contributed by atoms with Crippen molar-refractivity contribution in [3.05, 3.63) is 85.1 Å². The fourth-order valence-electron chi connectivity index (χ4n) is 3.52. The number of para-hydroxylation sites is 1. The van der Waals surface area contributed by atoms with Gasteiger partial charge in [-0.2, -0.15) is 4.98 Å². The predicted molar refractivity (Wildman–Crippen MR) is 151 cm³/mol. The van der Waals surface area contributed by atoms with Crippen LogP contribution in [-0.2, 0) is 9.73 Å². The Labute approximate surface area is 221 Å². The molecule has 1 unspecified atom stereocenters. The third kappa shape index (κ3) is 7.05. The second-order valence-corrected chi connectivity index (χ2v) is 10.9. The van der Waals surface area contributed by atoms with Gasteiger partial charge < -0.3 is 26.4 Å². The molecule has 0 saturated heterocycles. The largest absolute Gasteiger partial charge is 0.394 e. The van der Waals surface area contributed by atoms with Crippen molar-refractivity contribution in [1.82, 2.24) is 9.97 Å². The molecule has 0 radical (unpaired) electrons. The van der Waals surface area contributed by atoms with Gasteiger partial charge in [-0.05, 0) is 61.0 Å². The van der Waals surface area contributed by atoms with Gasteiger partial charge >= 0.3 is 6.03 Å². The summed E-state index contributed by atoms with van der Waals surface area (Å²) in [5.41, 5.74) is 3.52. The lowest BCUT2D eigenvalue weighted by molar-refractivity contribution is 0.262. The monoisotopic (exact) mass is 531 g/mol. The summed E-state index contributed by atoms with van der Waals surface area (Å²) in [6.45, 7) is 1.75. The molecule has 10 nitrogen and oxygen atoms in total. The number of aromatic nitrogens is 2. The van der Waals surface area contributed by atoms with Gasteiger partial charge in [0.2, 0.25) is 5.95 Å². The zero-order valence-corrected chi connectivity index (χ0v) is 21.8. The summed E-state index contributed by atoms with van der Waals surface area (Å²) in [6, 6.07) is 22.5. The molecule has 0 aliphatic rings. The van der Waals surface area contributed by atoms with Crippen molar-refractivity contribution in [1.29, 1.82) is 4.78 Å². The van der Waals surface area contributed by atoms with E-state index in [1.807, 2.05) is 37.3 Å². The summed E-state index contributed by atoms with van der Waals surface area (Å²) in [5.74, 6) is 0.846. The molecule has 38 heavy (non-hydrogen) atoms. The van der Waals surface area contributed by atoms with Gasteiger partial charge in [0.1, 0.15) is 5.82 Å². The molecule has 0 aliphatic carbocycles. The van der Waals surface area contributed by atoms with Crippen molar-refractivity contribution in [2.24, 2.45) is 0 Å². The Kier molecular flexibility index (Phi) is 8.19. The van der Waals surface area contributed by atoms with Crippen LogP contribution in [0.1, 0.15) is 6.92 Å². The normalized spacial score (nSPS) is 13.1. The number of urea groups is 1. The number of rotatable bonds is 9. The highest BCUT2D eigenvalue weighted by atomic mass is 32.2. The number of aliphatic hydroxyl groups excluding tert-OH is 1. The molecule has 4 rings (SSSR count). The van der Waals surface area contributed by atoms with Crippen LogP contribution in [-0.4, -0.2) is 44.2 Å². The highest BCUT2D eigenvalue weighted by molar-refractivity contribution is 7.91. The molecule has 1 aromatic heterocycles. The first-order valence-electron chi connectivity index (χ1n) is 11.8. The number of carbonyl (C=O) groups excluding carboxylic acids is 1. The maximum absolute atomic E-state index is 12.3. The standard InChI is InChI=1S/C27H29N7O3S/c1-18(17-35)30-25-24(16-29-26(34-25)31-21-12-14-23(15-13-21)38(2,28)37)19-8-10-22(11-9-19)33-27(36)32-20-6-4-3-5-7-20/h3-16,18,28,35H,17H2,1-2H3,(H2,32,33,36)(H2,29,30,31,34)/t18-,38?/m1/s1. The van der Waals surface area contributed by atoms with Crippen molar-refractivity contribution >= 4 is 44.6 Å². The van der Waals surface area contributed by atoms with Gasteiger partial charge in [0.15, 0.2) is 0 Å². The molecule has 196 valence electrons. The molecule has 0 bridgehead atoms. The zero-order valence-electron chi connectivity index (χ0n) is 20.9. The highest BCUT2D eigenvalue weighted by Crippen LogP contribution is 2.29. The van der Waals surface area contributed by atoms with Gasteiger partial charge in [-0.1, -0.05) is 30.3 Å². The van der Waals surface area contributed by atoms with E-state index in [0.29, 0.717) is 39.3 Å². The molecule has 6 N–H and O–H groups in total.